The lowest BCUT2D eigenvalue weighted by Crippen LogP contribution is -2.68. The van der Waals surface area contributed by atoms with E-state index in [1.54, 1.807) is 0 Å². The molecule has 0 saturated heterocycles. The molecule has 46 heavy (non-hydrogen) atoms. The molecule has 234 valence electrons. The summed E-state index contributed by atoms with van der Waals surface area (Å²) in [5, 5.41) is 0. The van der Waals surface area contributed by atoms with Gasteiger partial charge in [-0.2, -0.15) is 0 Å². The minimum Gasteiger partial charge on any atom is -0.222 e. The monoisotopic (exact) mass is 662 g/mol. The Kier molecular flexibility index (Phi) is 11.7. The van der Waals surface area contributed by atoms with Crippen molar-refractivity contribution in [3.8, 4) is 56.4 Å². The molecule has 0 amide bonds. The second-order valence-electron chi connectivity index (χ2n) is 9.37. The first-order valence-corrected chi connectivity index (χ1v) is 15.7. The third-order valence-corrected chi connectivity index (χ3v) is 6.15. The maximum Gasteiger partial charge on any atom is 0.361 e. The summed E-state index contributed by atoms with van der Waals surface area (Å²) in [4.78, 5) is 0. The third kappa shape index (κ3) is 11.4. The lowest BCUT2D eigenvalue weighted by atomic mass is 9.99. The second kappa shape index (κ2) is 15.6. The lowest BCUT2D eigenvalue weighted by Gasteiger charge is -2.17. The predicted octanol–water partition coefficient (Wildman–Crippen LogP) is 0.258. The maximum atomic E-state index is 8.49. The number of hydrogen-bond donors (Lipinski definition) is 0. The molecular weight excluding hydrogens is 639 g/mol. The molecular formula is C34H24Cl2O10. The van der Waals surface area contributed by atoms with Gasteiger partial charge in [0.25, 0.3) is 0 Å². The van der Waals surface area contributed by atoms with Crippen molar-refractivity contribution in [1.29, 1.82) is 0 Å². The zero-order valence-corrected chi connectivity index (χ0v) is 25.2. The van der Waals surface area contributed by atoms with Crippen molar-refractivity contribution in [3.63, 3.8) is 0 Å². The molecule has 12 heteroatoms. The SMILES string of the molecule is [O-][Cl+3]([O-])([O-])[O-].[O-][Cl+3]([O-])([O-])[O-].c1ccc(-c2cc(-c3cc(-c4ccccc4)[o+]c(-c4ccccc4)c3)cc(-c3ccccc3)[o+]2)cc1. The Balaban J connectivity index is 0.000000421. The topological polar surface area (TPSA) is 207 Å². The van der Waals surface area contributed by atoms with E-state index in [1.807, 2.05) is 72.8 Å². The van der Waals surface area contributed by atoms with Crippen LogP contribution in [0.25, 0.3) is 56.4 Å². The molecule has 0 radical (unpaired) electrons. The molecule has 0 aliphatic carbocycles. The minimum atomic E-state index is -4.94. The van der Waals surface area contributed by atoms with Crippen LogP contribution in [-0.2, 0) is 0 Å². The molecule has 6 rings (SSSR count). The Morgan fingerprint density at radius 3 is 0.630 bits per heavy atom. The van der Waals surface area contributed by atoms with Gasteiger partial charge in [0, 0.05) is 11.1 Å². The molecule has 0 bridgehead atoms. The van der Waals surface area contributed by atoms with Gasteiger partial charge in [-0.3, -0.25) is 0 Å². The highest BCUT2D eigenvalue weighted by molar-refractivity contribution is 5.79. The van der Waals surface area contributed by atoms with Crippen molar-refractivity contribution >= 4 is 0 Å². The molecule has 0 atom stereocenters. The average molecular weight is 663 g/mol. The van der Waals surface area contributed by atoms with Crippen molar-refractivity contribution in [2.45, 2.75) is 0 Å². The van der Waals surface area contributed by atoms with Gasteiger partial charge < -0.3 is 0 Å². The highest BCUT2D eigenvalue weighted by atomic mass is 35.7. The zero-order chi connectivity index (χ0) is 33.2. The Bertz CT molecular complexity index is 1550. The van der Waals surface area contributed by atoms with Gasteiger partial charge in [-0.25, -0.2) is 46.1 Å². The summed E-state index contributed by atoms with van der Waals surface area (Å²) in [6, 6.07) is 49.3. The van der Waals surface area contributed by atoms with E-state index in [4.69, 9.17) is 46.1 Å². The Morgan fingerprint density at radius 2 is 0.457 bits per heavy atom. The van der Waals surface area contributed by atoms with Crippen LogP contribution in [0.5, 0.6) is 0 Å². The lowest BCUT2D eigenvalue weighted by molar-refractivity contribution is -2.00. The van der Waals surface area contributed by atoms with Gasteiger partial charge in [0.1, 0.15) is 0 Å². The maximum absolute atomic E-state index is 8.49. The fraction of sp³-hybridized carbons (Fsp3) is 0. The summed E-state index contributed by atoms with van der Waals surface area (Å²) in [6.07, 6.45) is 0. The average Bonchev–Trinajstić information content (AvgIpc) is 3.04. The third-order valence-electron chi connectivity index (χ3n) is 6.15. The predicted molar refractivity (Wildman–Crippen MR) is 147 cm³/mol. The van der Waals surface area contributed by atoms with Crippen molar-refractivity contribution in [1.82, 2.24) is 0 Å². The first-order chi connectivity index (χ1) is 21.8. The van der Waals surface area contributed by atoms with Gasteiger partial charge in [0.05, 0.1) is 46.5 Å². The highest BCUT2D eigenvalue weighted by Crippen LogP contribution is 2.37. The zero-order valence-electron chi connectivity index (χ0n) is 23.7. The summed E-state index contributed by atoms with van der Waals surface area (Å²) in [7, 11) is -9.89. The van der Waals surface area contributed by atoms with Gasteiger partial charge in [-0.15, -0.1) is 20.5 Å². The molecule has 0 N–H and O–H groups in total. The van der Waals surface area contributed by atoms with E-state index in [1.165, 1.54) is 0 Å². The first-order valence-electron chi connectivity index (χ1n) is 13.3. The van der Waals surface area contributed by atoms with Gasteiger partial charge in [-0.1, -0.05) is 72.8 Å². The van der Waals surface area contributed by atoms with Crippen LogP contribution in [0.15, 0.2) is 154 Å². The van der Waals surface area contributed by atoms with E-state index in [0.717, 1.165) is 56.4 Å². The number of hydrogen-bond acceptors (Lipinski definition) is 8. The van der Waals surface area contributed by atoms with Crippen LogP contribution < -0.4 is 37.3 Å². The molecule has 6 aromatic rings. The Hall–Kier alpha value is -4.56. The largest absolute Gasteiger partial charge is 0.361 e. The van der Waals surface area contributed by atoms with Crippen LogP contribution in [0.3, 0.4) is 0 Å². The van der Waals surface area contributed by atoms with Gasteiger partial charge in [0.2, 0.25) is 0 Å². The summed E-state index contributed by atoms with van der Waals surface area (Å²) in [5.74, 6) is 3.26. The smallest absolute Gasteiger partial charge is 0.222 e. The molecule has 0 fully saturated rings. The van der Waals surface area contributed by atoms with Crippen molar-refractivity contribution < 1.29 is 66.6 Å². The fourth-order valence-electron chi connectivity index (χ4n) is 4.32. The minimum absolute atomic E-state index is 0.815. The van der Waals surface area contributed by atoms with E-state index >= 15 is 0 Å². The second-order valence-corrected chi connectivity index (χ2v) is 10.9. The van der Waals surface area contributed by atoms with E-state index in [2.05, 4.69) is 72.8 Å². The molecule has 0 aliphatic rings. The van der Waals surface area contributed by atoms with Gasteiger partial charge in [0.15, 0.2) is 0 Å². The molecule has 0 unspecified atom stereocenters. The normalized spacial score (nSPS) is 11.0. The van der Waals surface area contributed by atoms with E-state index < -0.39 is 20.5 Å². The first kappa shape index (κ1) is 34.3. The van der Waals surface area contributed by atoms with E-state index in [-0.39, 0.29) is 0 Å². The molecule has 0 spiro atoms. The molecule has 10 nitrogen and oxygen atoms in total. The van der Waals surface area contributed by atoms with Crippen LogP contribution in [0.1, 0.15) is 0 Å². The van der Waals surface area contributed by atoms with Crippen LogP contribution in [0.2, 0.25) is 0 Å². The molecule has 2 aromatic heterocycles. The summed E-state index contributed by atoms with van der Waals surface area (Å²) in [6.45, 7) is 0. The van der Waals surface area contributed by atoms with Crippen LogP contribution in [-0.4, -0.2) is 0 Å². The molecule has 0 saturated carbocycles. The van der Waals surface area contributed by atoms with Crippen molar-refractivity contribution in [3.05, 3.63) is 146 Å². The Labute approximate surface area is 268 Å². The van der Waals surface area contributed by atoms with Gasteiger partial charge >= 0.3 is 23.0 Å². The number of halogens is 2. The fourth-order valence-corrected chi connectivity index (χ4v) is 4.32. The van der Waals surface area contributed by atoms with E-state index in [0.29, 0.717) is 0 Å². The summed E-state index contributed by atoms with van der Waals surface area (Å²) in [5.41, 5.74) is 6.24. The van der Waals surface area contributed by atoms with Crippen molar-refractivity contribution in [2.75, 3.05) is 0 Å². The summed E-state index contributed by atoms with van der Waals surface area (Å²) < 4.78 is 80.8. The number of benzene rings is 4. The molecule has 2 heterocycles. The van der Waals surface area contributed by atoms with Crippen LogP contribution >= 0.6 is 0 Å². The summed E-state index contributed by atoms with van der Waals surface area (Å²) >= 11 is 0. The highest BCUT2D eigenvalue weighted by Gasteiger charge is 2.25. The number of rotatable bonds is 5. The van der Waals surface area contributed by atoms with Crippen LogP contribution in [0.4, 0.5) is 0 Å². The standard InChI is InChI=1S/C34H24O2.2ClHO4/c1-5-13-25(14-6-1)31-21-29(22-32(35-31)26-15-7-2-8-16-26)30-23-33(27-17-9-3-10-18-27)36-34(24-30)28-19-11-4-12-20-28;2*2-1(3,4)5/h1-24H;2*(H,2,3,4,5)/q+2;;/p-2. The Morgan fingerprint density at radius 1 is 0.283 bits per heavy atom. The molecule has 4 aromatic carbocycles. The van der Waals surface area contributed by atoms with Gasteiger partial charge in [-0.05, 0) is 48.5 Å². The van der Waals surface area contributed by atoms with E-state index in [9.17, 15) is 0 Å². The van der Waals surface area contributed by atoms with Crippen LogP contribution in [0, 0.1) is 20.5 Å². The molecule has 0 aliphatic heterocycles. The van der Waals surface area contributed by atoms with Crippen molar-refractivity contribution in [2.24, 2.45) is 0 Å². The quantitative estimate of drug-likeness (QED) is 0.230.